The van der Waals surface area contributed by atoms with Crippen LogP contribution in [0.5, 0.6) is 0 Å². The summed E-state index contributed by atoms with van der Waals surface area (Å²) in [5.41, 5.74) is 4.42. The van der Waals surface area contributed by atoms with E-state index in [0.29, 0.717) is 6.04 Å². The lowest BCUT2D eigenvalue weighted by molar-refractivity contribution is 0.497. The number of benzene rings is 2. The zero-order valence-corrected chi connectivity index (χ0v) is 11.9. The zero-order chi connectivity index (χ0) is 13.5. The van der Waals surface area contributed by atoms with Crippen LogP contribution >= 0.6 is 0 Å². The minimum atomic E-state index is 0.590. The van der Waals surface area contributed by atoms with E-state index in [1.54, 1.807) is 0 Å². The monoisotopic (exact) mass is 263 g/mol. The first kappa shape index (κ1) is 12.0. The molecule has 2 aliphatic rings. The lowest BCUT2D eigenvalue weighted by atomic mass is 9.83. The summed E-state index contributed by atoms with van der Waals surface area (Å²) in [6, 6.07) is 20.5. The highest BCUT2D eigenvalue weighted by atomic mass is 14.9. The number of fused-ring (bicyclic) bond motifs is 1. The van der Waals surface area contributed by atoms with Crippen LogP contribution in [0.15, 0.2) is 54.6 Å². The van der Waals surface area contributed by atoms with Crippen LogP contribution in [-0.4, -0.2) is 6.04 Å². The summed E-state index contributed by atoms with van der Waals surface area (Å²) in [5.74, 6) is 2.34. The number of rotatable bonds is 2. The number of hydrogen-bond acceptors (Lipinski definition) is 1. The molecule has 0 amide bonds. The second kappa shape index (κ2) is 4.66. The minimum Gasteiger partial charge on any atom is -0.382 e. The van der Waals surface area contributed by atoms with E-state index in [0.717, 1.165) is 17.8 Å². The first-order valence-electron chi connectivity index (χ1n) is 7.73. The Kier molecular flexibility index (Phi) is 2.80. The molecule has 4 rings (SSSR count). The fourth-order valence-corrected chi connectivity index (χ4v) is 3.93. The van der Waals surface area contributed by atoms with Gasteiger partial charge in [-0.3, -0.25) is 0 Å². The fraction of sp³-hybridized carbons (Fsp3) is 0.368. The van der Waals surface area contributed by atoms with Crippen LogP contribution in [0.4, 0.5) is 5.69 Å². The van der Waals surface area contributed by atoms with Crippen LogP contribution in [0.2, 0.25) is 0 Å². The molecule has 1 nitrogen and oxygen atoms in total. The largest absolute Gasteiger partial charge is 0.382 e. The molecule has 0 bridgehead atoms. The van der Waals surface area contributed by atoms with Gasteiger partial charge in [-0.25, -0.2) is 0 Å². The van der Waals surface area contributed by atoms with Crippen molar-refractivity contribution in [2.45, 2.75) is 37.6 Å². The molecule has 1 N–H and O–H groups in total. The number of anilines is 1. The molecule has 4 atom stereocenters. The third kappa shape index (κ3) is 2.02. The molecule has 0 spiro atoms. The first-order chi connectivity index (χ1) is 9.83. The standard InChI is InChI=1S/C19H21N/c1-13-11-17(15-9-5-6-10-19(15)20-13)18-12-16(18)14-7-3-2-4-8-14/h2-10,13,16-18,20H,11-12H2,1H3. The van der Waals surface area contributed by atoms with E-state index in [4.69, 9.17) is 0 Å². The summed E-state index contributed by atoms with van der Waals surface area (Å²) in [6.45, 7) is 2.31. The molecule has 0 aromatic heterocycles. The smallest absolute Gasteiger partial charge is 0.0377 e. The van der Waals surface area contributed by atoms with Crippen LogP contribution in [0.25, 0.3) is 0 Å². The van der Waals surface area contributed by atoms with Gasteiger partial charge in [-0.2, -0.15) is 0 Å². The molecule has 1 fully saturated rings. The summed E-state index contributed by atoms with van der Waals surface area (Å²) in [4.78, 5) is 0. The molecule has 1 heterocycles. The highest BCUT2D eigenvalue weighted by Gasteiger charge is 2.46. The van der Waals surface area contributed by atoms with Gasteiger partial charge in [0.1, 0.15) is 0 Å². The van der Waals surface area contributed by atoms with E-state index in [-0.39, 0.29) is 0 Å². The van der Waals surface area contributed by atoms with Gasteiger partial charge in [0, 0.05) is 11.7 Å². The van der Waals surface area contributed by atoms with Gasteiger partial charge >= 0.3 is 0 Å². The third-order valence-electron chi connectivity index (χ3n) is 4.95. The van der Waals surface area contributed by atoms with Gasteiger partial charge in [0.2, 0.25) is 0 Å². The molecule has 1 saturated carbocycles. The predicted octanol–water partition coefficient (Wildman–Crippen LogP) is 4.78. The summed E-state index contributed by atoms with van der Waals surface area (Å²) >= 11 is 0. The van der Waals surface area contributed by atoms with Gasteiger partial charge in [0.25, 0.3) is 0 Å². The predicted molar refractivity (Wildman–Crippen MR) is 84.2 cm³/mol. The SMILES string of the molecule is CC1CC(C2CC2c2ccccc2)c2ccccc2N1. The molecule has 4 unspecified atom stereocenters. The van der Waals surface area contributed by atoms with Crippen molar-refractivity contribution in [3.05, 3.63) is 65.7 Å². The average Bonchev–Trinajstić information content (AvgIpc) is 3.27. The lowest BCUT2D eigenvalue weighted by Crippen LogP contribution is -2.26. The maximum absolute atomic E-state index is 3.63. The number of nitrogens with one attached hydrogen (secondary N) is 1. The molecular weight excluding hydrogens is 242 g/mol. The second-order valence-corrected chi connectivity index (χ2v) is 6.39. The Labute approximate surface area is 121 Å². The van der Waals surface area contributed by atoms with Gasteiger partial charge in [0.05, 0.1) is 0 Å². The molecule has 102 valence electrons. The topological polar surface area (TPSA) is 12.0 Å². The normalized spacial score (nSPS) is 31.2. The van der Waals surface area contributed by atoms with Gasteiger partial charge in [-0.1, -0.05) is 48.5 Å². The van der Waals surface area contributed by atoms with Crippen molar-refractivity contribution in [3.63, 3.8) is 0 Å². The van der Waals surface area contributed by atoms with Crippen LogP contribution in [0, 0.1) is 5.92 Å². The Morgan fingerprint density at radius 3 is 2.45 bits per heavy atom. The van der Waals surface area contributed by atoms with E-state index >= 15 is 0 Å². The maximum Gasteiger partial charge on any atom is 0.0377 e. The van der Waals surface area contributed by atoms with E-state index in [2.05, 4.69) is 66.8 Å². The maximum atomic E-state index is 3.63. The van der Waals surface area contributed by atoms with Crippen molar-refractivity contribution in [1.82, 2.24) is 0 Å². The second-order valence-electron chi connectivity index (χ2n) is 6.39. The molecular formula is C19H21N. The van der Waals surface area contributed by atoms with Gasteiger partial charge in [-0.15, -0.1) is 0 Å². The Hall–Kier alpha value is -1.76. The summed E-state index contributed by atoms with van der Waals surface area (Å²) in [6.07, 6.45) is 2.63. The first-order valence-corrected chi connectivity index (χ1v) is 7.73. The van der Waals surface area contributed by atoms with Crippen LogP contribution < -0.4 is 5.32 Å². The molecule has 0 saturated heterocycles. The van der Waals surface area contributed by atoms with E-state index in [1.807, 2.05) is 0 Å². The number of para-hydroxylation sites is 1. The van der Waals surface area contributed by atoms with Crippen molar-refractivity contribution in [3.8, 4) is 0 Å². The highest BCUT2D eigenvalue weighted by Crippen LogP contribution is 2.58. The Bertz CT molecular complexity index is 604. The van der Waals surface area contributed by atoms with Crippen molar-refractivity contribution >= 4 is 5.69 Å². The van der Waals surface area contributed by atoms with Crippen molar-refractivity contribution in [2.24, 2.45) is 5.92 Å². The Morgan fingerprint density at radius 1 is 0.850 bits per heavy atom. The molecule has 20 heavy (non-hydrogen) atoms. The van der Waals surface area contributed by atoms with Gasteiger partial charge in [-0.05, 0) is 54.7 Å². The van der Waals surface area contributed by atoms with Crippen molar-refractivity contribution in [1.29, 1.82) is 0 Å². The lowest BCUT2D eigenvalue weighted by Gasteiger charge is -2.32. The van der Waals surface area contributed by atoms with Crippen LogP contribution in [0.3, 0.4) is 0 Å². The molecule has 1 aliphatic carbocycles. The molecule has 0 radical (unpaired) electrons. The van der Waals surface area contributed by atoms with Gasteiger partial charge < -0.3 is 5.32 Å². The van der Waals surface area contributed by atoms with E-state index in [1.165, 1.54) is 29.7 Å². The number of hydrogen-bond donors (Lipinski definition) is 1. The summed E-state index contributed by atoms with van der Waals surface area (Å²) < 4.78 is 0. The zero-order valence-electron chi connectivity index (χ0n) is 11.9. The molecule has 1 aliphatic heterocycles. The highest BCUT2D eigenvalue weighted by molar-refractivity contribution is 5.56. The molecule has 2 aromatic carbocycles. The third-order valence-corrected chi connectivity index (χ3v) is 4.95. The van der Waals surface area contributed by atoms with Crippen LogP contribution in [-0.2, 0) is 0 Å². The molecule has 2 aromatic rings. The Balaban J connectivity index is 1.62. The minimum absolute atomic E-state index is 0.590. The van der Waals surface area contributed by atoms with Crippen molar-refractivity contribution in [2.75, 3.05) is 5.32 Å². The summed E-state index contributed by atoms with van der Waals surface area (Å²) in [5, 5.41) is 3.63. The molecule has 1 heteroatoms. The Morgan fingerprint density at radius 2 is 1.60 bits per heavy atom. The average molecular weight is 263 g/mol. The van der Waals surface area contributed by atoms with E-state index in [9.17, 15) is 0 Å². The van der Waals surface area contributed by atoms with Crippen molar-refractivity contribution < 1.29 is 0 Å². The van der Waals surface area contributed by atoms with Crippen LogP contribution in [0.1, 0.15) is 42.7 Å². The quantitative estimate of drug-likeness (QED) is 0.822. The fourth-order valence-electron chi connectivity index (χ4n) is 3.93. The summed E-state index contributed by atoms with van der Waals surface area (Å²) in [7, 11) is 0. The van der Waals surface area contributed by atoms with Gasteiger partial charge in [0.15, 0.2) is 0 Å². The van der Waals surface area contributed by atoms with E-state index < -0.39 is 0 Å².